The van der Waals surface area contributed by atoms with Crippen LogP contribution in [0.15, 0.2) is 41.9 Å². The second kappa shape index (κ2) is 8.90. The summed E-state index contributed by atoms with van der Waals surface area (Å²) in [7, 11) is 0. The summed E-state index contributed by atoms with van der Waals surface area (Å²) < 4.78 is 11.2. The third-order valence-corrected chi connectivity index (χ3v) is 5.60. The van der Waals surface area contributed by atoms with Gasteiger partial charge in [-0.15, -0.1) is 11.3 Å². The number of thiazole rings is 1. The number of amides is 1. The molecule has 8 heteroatoms. The van der Waals surface area contributed by atoms with E-state index in [-0.39, 0.29) is 12.0 Å². The molecular weight excluding hydrogens is 410 g/mol. The Bertz CT molecular complexity index is 1020. The fourth-order valence-electron chi connectivity index (χ4n) is 3.04. The minimum Gasteiger partial charge on any atom is -0.473 e. The van der Waals surface area contributed by atoms with E-state index in [0.29, 0.717) is 35.4 Å². The fraction of sp³-hybridized carbons (Fsp3) is 0.286. The van der Waals surface area contributed by atoms with Crippen molar-refractivity contribution in [2.24, 2.45) is 0 Å². The number of hydrogen-bond acceptors (Lipinski definition) is 6. The van der Waals surface area contributed by atoms with Crippen LogP contribution >= 0.6 is 22.9 Å². The quantitative estimate of drug-likeness (QED) is 0.619. The highest BCUT2D eigenvalue weighted by Gasteiger charge is 2.18. The predicted molar refractivity (Wildman–Crippen MR) is 114 cm³/mol. The molecule has 0 radical (unpaired) electrons. The number of nitrogens with one attached hydrogen (secondary N) is 1. The van der Waals surface area contributed by atoms with Crippen molar-refractivity contribution in [3.63, 3.8) is 0 Å². The Morgan fingerprint density at radius 1 is 1.31 bits per heavy atom. The van der Waals surface area contributed by atoms with E-state index < -0.39 is 0 Å². The van der Waals surface area contributed by atoms with Gasteiger partial charge in [-0.25, -0.2) is 9.97 Å². The third-order valence-electron chi connectivity index (χ3n) is 4.55. The van der Waals surface area contributed by atoms with Gasteiger partial charge in [-0.1, -0.05) is 23.7 Å². The van der Waals surface area contributed by atoms with Crippen molar-refractivity contribution in [3.8, 4) is 17.1 Å². The molecule has 1 amide bonds. The first kappa shape index (κ1) is 19.8. The first-order valence-electron chi connectivity index (χ1n) is 9.32. The molecule has 1 aromatic carbocycles. The first-order valence-corrected chi connectivity index (χ1v) is 10.6. The Balaban J connectivity index is 1.45. The molecule has 150 valence electrons. The summed E-state index contributed by atoms with van der Waals surface area (Å²) in [6.07, 6.45) is 3.11. The van der Waals surface area contributed by atoms with Gasteiger partial charge in [-0.2, -0.15) is 0 Å². The number of nitrogens with zero attached hydrogens (tertiary/aromatic N) is 2. The molecular formula is C21H20ClN3O3S. The van der Waals surface area contributed by atoms with E-state index >= 15 is 0 Å². The minimum atomic E-state index is -0.288. The van der Waals surface area contributed by atoms with Crippen molar-refractivity contribution in [2.45, 2.75) is 25.9 Å². The lowest BCUT2D eigenvalue weighted by Gasteiger charge is -2.23. The topological polar surface area (TPSA) is 73.3 Å². The molecule has 0 atom stereocenters. The van der Waals surface area contributed by atoms with Gasteiger partial charge in [-0.3, -0.25) is 4.79 Å². The number of carbonyl (C=O) groups excluding carboxylic acids is 1. The second-order valence-electron chi connectivity index (χ2n) is 6.73. The Kier molecular flexibility index (Phi) is 6.08. The molecule has 0 bridgehead atoms. The van der Waals surface area contributed by atoms with Gasteiger partial charge in [0, 0.05) is 35.7 Å². The monoisotopic (exact) mass is 429 g/mol. The molecule has 4 rings (SSSR count). The van der Waals surface area contributed by atoms with Crippen LogP contribution in [-0.2, 0) is 4.74 Å². The molecule has 1 aliphatic heterocycles. The number of benzene rings is 1. The summed E-state index contributed by atoms with van der Waals surface area (Å²) >= 11 is 7.89. The van der Waals surface area contributed by atoms with E-state index in [2.05, 4.69) is 15.3 Å². The number of ether oxygens (including phenoxy) is 2. The number of hydrogen-bond donors (Lipinski definition) is 1. The van der Waals surface area contributed by atoms with Crippen LogP contribution in [0.25, 0.3) is 11.3 Å². The van der Waals surface area contributed by atoms with Gasteiger partial charge in [0.2, 0.25) is 5.88 Å². The largest absolute Gasteiger partial charge is 0.473 e. The van der Waals surface area contributed by atoms with Crippen LogP contribution in [0.3, 0.4) is 0 Å². The SMILES string of the molecule is Cc1nc(-c2cccc(NC(=O)c3cnc(OC4CCOCC4)c(Cl)c3)c2)cs1. The zero-order valence-electron chi connectivity index (χ0n) is 15.9. The highest BCUT2D eigenvalue weighted by atomic mass is 35.5. The number of carbonyl (C=O) groups is 1. The third kappa shape index (κ3) is 4.93. The Morgan fingerprint density at radius 2 is 2.14 bits per heavy atom. The van der Waals surface area contributed by atoms with Crippen LogP contribution in [0.2, 0.25) is 5.02 Å². The van der Waals surface area contributed by atoms with Gasteiger partial charge in [0.1, 0.15) is 11.1 Å². The molecule has 0 unspecified atom stereocenters. The van der Waals surface area contributed by atoms with Crippen molar-refractivity contribution in [1.82, 2.24) is 9.97 Å². The van der Waals surface area contributed by atoms with Gasteiger partial charge in [0.25, 0.3) is 5.91 Å². The van der Waals surface area contributed by atoms with Crippen LogP contribution in [0, 0.1) is 6.92 Å². The van der Waals surface area contributed by atoms with Crippen molar-refractivity contribution >= 4 is 34.5 Å². The van der Waals surface area contributed by atoms with Crippen molar-refractivity contribution in [1.29, 1.82) is 0 Å². The van der Waals surface area contributed by atoms with Crippen molar-refractivity contribution in [2.75, 3.05) is 18.5 Å². The van der Waals surface area contributed by atoms with E-state index in [1.807, 2.05) is 36.6 Å². The van der Waals surface area contributed by atoms with Crippen LogP contribution in [-0.4, -0.2) is 35.2 Å². The van der Waals surface area contributed by atoms with E-state index in [9.17, 15) is 4.79 Å². The van der Waals surface area contributed by atoms with E-state index in [4.69, 9.17) is 21.1 Å². The number of aryl methyl sites for hydroxylation is 1. The number of pyridine rings is 1. The lowest BCUT2D eigenvalue weighted by Crippen LogP contribution is -2.26. The van der Waals surface area contributed by atoms with Gasteiger partial charge >= 0.3 is 0 Å². The molecule has 0 spiro atoms. The number of halogens is 1. The normalized spacial score (nSPS) is 14.6. The van der Waals surface area contributed by atoms with Crippen LogP contribution in [0.1, 0.15) is 28.2 Å². The van der Waals surface area contributed by atoms with Crippen LogP contribution in [0.5, 0.6) is 5.88 Å². The summed E-state index contributed by atoms with van der Waals surface area (Å²) in [6.45, 7) is 3.30. The Morgan fingerprint density at radius 3 is 2.86 bits per heavy atom. The molecule has 29 heavy (non-hydrogen) atoms. The molecule has 3 heterocycles. The highest BCUT2D eigenvalue weighted by Crippen LogP contribution is 2.27. The van der Waals surface area contributed by atoms with E-state index in [1.165, 1.54) is 6.20 Å². The highest BCUT2D eigenvalue weighted by molar-refractivity contribution is 7.09. The lowest BCUT2D eigenvalue weighted by molar-refractivity contribution is 0.0238. The summed E-state index contributed by atoms with van der Waals surface area (Å²) in [5.74, 6) is 0.0552. The second-order valence-corrected chi connectivity index (χ2v) is 8.20. The minimum absolute atomic E-state index is 0.0329. The van der Waals surface area contributed by atoms with Crippen molar-refractivity contribution < 1.29 is 14.3 Å². The number of anilines is 1. The van der Waals surface area contributed by atoms with Gasteiger partial charge in [-0.05, 0) is 25.1 Å². The first-order chi connectivity index (χ1) is 14.1. The molecule has 0 saturated carbocycles. The summed E-state index contributed by atoms with van der Waals surface area (Å²) in [5, 5.41) is 6.20. The molecule has 1 fully saturated rings. The summed E-state index contributed by atoms with van der Waals surface area (Å²) in [5.41, 5.74) is 2.88. The maximum Gasteiger partial charge on any atom is 0.257 e. The van der Waals surface area contributed by atoms with Crippen LogP contribution in [0.4, 0.5) is 5.69 Å². The summed E-state index contributed by atoms with van der Waals surface area (Å²) in [4.78, 5) is 21.4. The zero-order chi connectivity index (χ0) is 20.2. The van der Waals surface area contributed by atoms with Gasteiger partial charge < -0.3 is 14.8 Å². The molecule has 6 nitrogen and oxygen atoms in total. The number of aromatic nitrogens is 2. The van der Waals surface area contributed by atoms with Crippen molar-refractivity contribution in [3.05, 3.63) is 57.5 Å². The maximum absolute atomic E-state index is 12.6. The molecule has 0 aliphatic carbocycles. The smallest absolute Gasteiger partial charge is 0.257 e. The average molecular weight is 430 g/mol. The predicted octanol–water partition coefficient (Wildman–Crippen LogP) is 4.98. The lowest BCUT2D eigenvalue weighted by atomic mass is 10.1. The Hall–Kier alpha value is -2.48. The standard InChI is InChI=1S/C21H20ClN3O3S/c1-13-24-19(12-29-13)14-3-2-4-16(9-14)25-20(26)15-10-18(22)21(23-11-15)28-17-5-7-27-8-6-17/h2-4,9-12,17H,5-8H2,1H3,(H,25,26). The zero-order valence-corrected chi connectivity index (χ0v) is 17.4. The molecule has 1 N–H and O–H groups in total. The number of rotatable bonds is 5. The fourth-order valence-corrected chi connectivity index (χ4v) is 3.88. The molecule has 2 aromatic heterocycles. The molecule has 1 saturated heterocycles. The van der Waals surface area contributed by atoms with Gasteiger partial charge in [0.05, 0.1) is 29.5 Å². The van der Waals surface area contributed by atoms with Crippen LogP contribution < -0.4 is 10.1 Å². The van der Waals surface area contributed by atoms with E-state index in [0.717, 1.165) is 29.1 Å². The summed E-state index contributed by atoms with van der Waals surface area (Å²) in [6, 6.07) is 9.15. The Labute approximate surface area is 177 Å². The van der Waals surface area contributed by atoms with E-state index in [1.54, 1.807) is 17.4 Å². The molecule has 3 aromatic rings. The van der Waals surface area contributed by atoms with Gasteiger partial charge in [0.15, 0.2) is 0 Å². The average Bonchev–Trinajstić information content (AvgIpc) is 3.17. The molecule has 1 aliphatic rings. The maximum atomic E-state index is 12.6.